The molecule has 1 saturated heterocycles. The van der Waals surface area contributed by atoms with Crippen LogP contribution >= 0.6 is 11.6 Å². The van der Waals surface area contributed by atoms with E-state index in [1.54, 1.807) is 42.5 Å². The maximum Gasteiger partial charge on any atom is 0.243 e. The molecular weight excluding hydrogens is 386 g/mol. The van der Waals surface area contributed by atoms with Gasteiger partial charge in [-0.05, 0) is 42.5 Å². The molecule has 0 amide bonds. The second kappa shape index (κ2) is 8.72. The fourth-order valence-electron chi connectivity index (χ4n) is 2.89. The second-order valence-corrected chi connectivity index (χ2v) is 8.56. The van der Waals surface area contributed by atoms with Crippen LogP contribution < -0.4 is 4.74 Å². The summed E-state index contributed by atoms with van der Waals surface area (Å²) in [5.74, 6) is 0.719. The summed E-state index contributed by atoms with van der Waals surface area (Å²) in [5.41, 5.74) is 0.597. The summed E-state index contributed by atoms with van der Waals surface area (Å²) in [6.07, 6.45) is 0. The number of hydrogen-bond acceptors (Lipinski definition) is 5. The Labute approximate surface area is 164 Å². The number of rotatable bonds is 6. The normalized spacial score (nSPS) is 16.0. The number of halogens is 1. The predicted octanol–water partition coefficient (Wildman–Crippen LogP) is 2.60. The van der Waals surface area contributed by atoms with Crippen LogP contribution in [0.1, 0.15) is 5.56 Å². The first-order valence-corrected chi connectivity index (χ1v) is 10.4. The topological polar surface area (TPSA) is 73.6 Å². The van der Waals surface area contributed by atoms with E-state index in [2.05, 4.69) is 11.0 Å². The first-order valence-electron chi connectivity index (χ1n) is 8.60. The third-order valence-electron chi connectivity index (χ3n) is 4.42. The molecule has 0 aliphatic carbocycles. The zero-order valence-corrected chi connectivity index (χ0v) is 16.3. The van der Waals surface area contributed by atoms with Crippen LogP contribution in [0.2, 0.25) is 5.02 Å². The van der Waals surface area contributed by atoms with Gasteiger partial charge in [-0.3, -0.25) is 4.90 Å². The lowest BCUT2D eigenvalue weighted by Crippen LogP contribution is -2.49. The molecule has 1 fully saturated rings. The molecule has 0 radical (unpaired) electrons. The van der Waals surface area contributed by atoms with Gasteiger partial charge in [0.1, 0.15) is 12.4 Å². The highest BCUT2D eigenvalue weighted by Crippen LogP contribution is 2.21. The van der Waals surface area contributed by atoms with Crippen molar-refractivity contribution in [3.63, 3.8) is 0 Å². The minimum absolute atomic E-state index is 0.229. The van der Waals surface area contributed by atoms with Gasteiger partial charge in [-0.15, -0.1) is 0 Å². The first kappa shape index (κ1) is 19.6. The van der Waals surface area contributed by atoms with E-state index >= 15 is 0 Å². The largest absolute Gasteiger partial charge is 0.492 e. The molecule has 0 bridgehead atoms. The highest BCUT2D eigenvalue weighted by molar-refractivity contribution is 7.89. The Bertz CT molecular complexity index is 918. The van der Waals surface area contributed by atoms with Gasteiger partial charge < -0.3 is 4.74 Å². The van der Waals surface area contributed by atoms with E-state index in [1.807, 2.05) is 0 Å². The maximum absolute atomic E-state index is 12.7. The molecule has 2 aromatic rings. The quantitative estimate of drug-likeness (QED) is 0.738. The van der Waals surface area contributed by atoms with E-state index in [-0.39, 0.29) is 4.90 Å². The van der Waals surface area contributed by atoms with Crippen LogP contribution in [0.4, 0.5) is 0 Å². The van der Waals surface area contributed by atoms with E-state index in [4.69, 9.17) is 21.6 Å². The lowest BCUT2D eigenvalue weighted by Gasteiger charge is -2.33. The van der Waals surface area contributed by atoms with Gasteiger partial charge in [-0.2, -0.15) is 9.57 Å². The fraction of sp³-hybridized carbons (Fsp3) is 0.316. The Morgan fingerprint density at radius 2 is 1.78 bits per heavy atom. The number of nitrogens with zero attached hydrogens (tertiary/aromatic N) is 3. The Balaban J connectivity index is 1.48. The second-order valence-electron chi connectivity index (χ2n) is 6.19. The minimum atomic E-state index is -3.51. The van der Waals surface area contributed by atoms with Crippen LogP contribution in [0.15, 0.2) is 53.4 Å². The summed E-state index contributed by atoms with van der Waals surface area (Å²) in [6, 6.07) is 15.4. The molecule has 1 aliphatic rings. The van der Waals surface area contributed by atoms with E-state index < -0.39 is 10.0 Å². The molecular formula is C19H20ClN3O3S. The van der Waals surface area contributed by atoms with Gasteiger partial charge in [0.15, 0.2) is 0 Å². The van der Waals surface area contributed by atoms with Crippen molar-refractivity contribution in [2.45, 2.75) is 4.90 Å². The molecule has 0 atom stereocenters. The standard InChI is InChI=1S/C19H20ClN3O3S/c20-17-2-1-3-19(14-17)27(24,25)23-10-8-22(9-11-23)12-13-26-18-6-4-16(15-21)5-7-18/h1-7,14H,8-13H2. The zero-order chi connectivity index (χ0) is 19.3. The third kappa shape index (κ3) is 4.99. The highest BCUT2D eigenvalue weighted by atomic mass is 35.5. The summed E-state index contributed by atoms with van der Waals surface area (Å²) in [6.45, 7) is 3.39. The first-order chi connectivity index (χ1) is 13.0. The molecule has 6 nitrogen and oxygen atoms in total. The van der Waals surface area contributed by atoms with Gasteiger partial charge in [-0.25, -0.2) is 8.42 Å². The summed E-state index contributed by atoms with van der Waals surface area (Å²) < 4.78 is 32.6. The van der Waals surface area contributed by atoms with Crippen molar-refractivity contribution in [3.05, 3.63) is 59.1 Å². The van der Waals surface area contributed by atoms with Crippen molar-refractivity contribution in [2.24, 2.45) is 0 Å². The van der Waals surface area contributed by atoms with Crippen molar-refractivity contribution >= 4 is 21.6 Å². The van der Waals surface area contributed by atoms with Crippen LogP contribution in [0.5, 0.6) is 5.75 Å². The molecule has 27 heavy (non-hydrogen) atoms. The number of ether oxygens (including phenoxy) is 1. The van der Waals surface area contributed by atoms with Crippen LogP contribution in [-0.2, 0) is 10.0 Å². The minimum Gasteiger partial charge on any atom is -0.492 e. The molecule has 0 N–H and O–H groups in total. The average molecular weight is 406 g/mol. The predicted molar refractivity (Wildman–Crippen MR) is 103 cm³/mol. The molecule has 0 aromatic heterocycles. The number of nitriles is 1. The summed E-state index contributed by atoms with van der Waals surface area (Å²) >= 11 is 5.92. The number of hydrogen-bond donors (Lipinski definition) is 0. The van der Waals surface area contributed by atoms with Crippen LogP contribution in [0.25, 0.3) is 0 Å². The molecule has 0 unspecified atom stereocenters. The third-order valence-corrected chi connectivity index (χ3v) is 6.55. The maximum atomic E-state index is 12.7. The summed E-state index contributed by atoms with van der Waals surface area (Å²) in [5, 5.41) is 9.20. The molecule has 1 heterocycles. The number of piperazine rings is 1. The van der Waals surface area contributed by atoms with Crippen LogP contribution in [0.3, 0.4) is 0 Å². The SMILES string of the molecule is N#Cc1ccc(OCCN2CCN(S(=O)(=O)c3cccc(Cl)c3)CC2)cc1. The molecule has 1 aliphatic heterocycles. The smallest absolute Gasteiger partial charge is 0.243 e. The Morgan fingerprint density at radius 1 is 1.07 bits per heavy atom. The van der Waals surface area contributed by atoms with Gasteiger partial charge in [0.05, 0.1) is 16.5 Å². The number of sulfonamides is 1. The van der Waals surface area contributed by atoms with Gasteiger partial charge in [0.2, 0.25) is 10.0 Å². The lowest BCUT2D eigenvalue weighted by molar-refractivity contribution is 0.159. The Hall–Kier alpha value is -2.11. The molecule has 0 saturated carbocycles. The molecule has 142 valence electrons. The van der Waals surface area contributed by atoms with Gasteiger partial charge in [-0.1, -0.05) is 17.7 Å². The van der Waals surface area contributed by atoms with E-state index in [0.717, 1.165) is 5.75 Å². The van der Waals surface area contributed by atoms with Gasteiger partial charge in [0.25, 0.3) is 0 Å². The van der Waals surface area contributed by atoms with Crippen LogP contribution in [-0.4, -0.2) is 57.0 Å². The van der Waals surface area contributed by atoms with E-state index in [0.29, 0.717) is 49.9 Å². The van der Waals surface area contributed by atoms with E-state index in [1.165, 1.54) is 10.4 Å². The summed E-state index contributed by atoms with van der Waals surface area (Å²) in [4.78, 5) is 2.40. The monoisotopic (exact) mass is 405 g/mol. The average Bonchev–Trinajstić information content (AvgIpc) is 2.69. The zero-order valence-electron chi connectivity index (χ0n) is 14.7. The van der Waals surface area contributed by atoms with Crippen LogP contribution in [0, 0.1) is 11.3 Å². The molecule has 2 aromatic carbocycles. The van der Waals surface area contributed by atoms with Crippen molar-refractivity contribution < 1.29 is 13.2 Å². The van der Waals surface area contributed by atoms with Gasteiger partial charge >= 0.3 is 0 Å². The van der Waals surface area contributed by atoms with Crippen molar-refractivity contribution in [2.75, 3.05) is 39.3 Å². The lowest BCUT2D eigenvalue weighted by atomic mass is 10.2. The van der Waals surface area contributed by atoms with Crippen molar-refractivity contribution in [1.82, 2.24) is 9.21 Å². The van der Waals surface area contributed by atoms with E-state index in [9.17, 15) is 8.42 Å². The molecule has 3 rings (SSSR count). The Morgan fingerprint density at radius 3 is 2.41 bits per heavy atom. The van der Waals surface area contributed by atoms with Crippen molar-refractivity contribution in [3.8, 4) is 11.8 Å². The molecule has 8 heteroatoms. The van der Waals surface area contributed by atoms with Crippen molar-refractivity contribution in [1.29, 1.82) is 5.26 Å². The summed E-state index contributed by atoms with van der Waals surface area (Å²) in [7, 11) is -3.51. The molecule has 0 spiro atoms. The number of benzene rings is 2. The Kier molecular flexibility index (Phi) is 6.34. The van der Waals surface area contributed by atoms with Gasteiger partial charge in [0, 0.05) is 37.7 Å². The fourth-order valence-corrected chi connectivity index (χ4v) is 4.61. The highest BCUT2D eigenvalue weighted by Gasteiger charge is 2.28.